The highest BCUT2D eigenvalue weighted by molar-refractivity contribution is 5.96. The Kier molecular flexibility index (Phi) is 2.08. The molecule has 6 nitrogen and oxygen atoms in total. The largest absolute Gasteiger partial charge is 0.344 e. The SMILES string of the molecule is Cc1[nH]c2c(c1C=O)c(=O)n(C)c(=O)n2C. The number of nitrogens with one attached hydrogen (secondary N) is 1. The number of hydrogen-bond acceptors (Lipinski definition) is 3. The third kappa shape index (κ3) is 1.09. The topological polar surface area (TPSA) is 76.9 Å². The Morgan fingerprint density at radius 2 is 1.81 bits per heavy atom. The van der Waals surface area contributed by atoms with Gasteiger partial charge in [0.2, 0.25) is 0 Å². The molecule has 0 atom stereocenters. The normalized spacial score (nSPS) is 10.9. The van der Waals surface area contributed by atoms with Crippen LogP contribution in [-0.2, 0) is 14.1 Å². The quantitative estimate of drug-likeness (QED) is 0.671. The number of hydrogen-bond donors (Lipinski definition) is 1. The lowest BCUT2D eigenvalue weighted by atomic mass is 10.2. The minimum absolute atomic E-state index is 0.261. The Labute approximate surface area is 90.1 Å². The van der Waals surface area contributed by atoms with Crippen LogP contribution in [0.5, 0.6) is 0 Å². The van der Waals surface area contributed by atoms with Crippen molar-refractivity contribution < 1.29 is 4.79 Å². The van der Waals surface area contributed by atoms with Gasteiger partial charge in [0.15, 0.2) is 6.29 Å². The molecule has 84 valence electrons. The molecule has 0 radical (unpaired) electrons. The molecule has 0 amide bonds. The Bertz CT molecular complexity index is 703. The van der Waals surface area contributed by atoms with Gasteiger partial charge in [-0.05, 0) is 6.92 Å². The molecule has 2 aromatic heterocycles. The maximum atomic E-state index is 11.9. The second-order valence-corrected chi connectivity index (χ2v) is 3.71. The number of carbonyl (C=O) groups excluding carboxylic acids is 1. The molecule has 16 heavy (non-hydrogen) atoms. The standard InChI is InChI=1S/C10H11N3O3/c1-5-6(4-14)7-8(11-5)12(2)10(16)13(3)9(7)15/h4,11H,1-3H3. The molecule has 2 aromatic rings. The summed E-state index contributed by atoms with van der Waals surface area (Å²) in [5.74, 6) is 0. The van der Waals surface area contributed by atoms with Gasteiger partial charge in [0.05, 0.1) is 5.39 Å². The average molecular weight is 221 g/mol. The van der Waals surface area contributed by atoms with Gasteiger partial charge in [0.25, 0.3) is 5.56 Å². The Balaban J connectivity index is 3.22. The summed E-state index contributed by atoms with van der Waals surface area (Å²) in [6.07, 6.45) is 0.625. The fourth-order valence-electron chi connectivity index (χ4n) is 1.81. The highest BCUT2D eigenvalue weighted by Gasteiger charge is 2.16. The Morgan fingerprint density at radius 1 is 1.19 bits per heavy atom. The number of nitrogens with zero attached hydrogens (tertiary/aromatic N) is 2. The predicted octanol–water partition coefficient (Wildman–Crippen LogP) is -0.314. The van der Waals surface area contributed by atoms with Crippen LogP contribution < -0.4 is 11.2 Å². The van der Waals surface area contributed by atoms with Crippen molar-refractivity contribution in [3.05, 3.63) is 32.1 Å². The van der Waals surface area contributed by atoms with Gasteiger partial charge in [-0.2, -0.15) is 0 Å². The van der Waals surface area contributed by atoms with E-state index in [1.165, 1.54) is 11.6 Å². The van der Waals surface area contributed by atoms with Crippen LogP contribution in [0.1, 0.15) is 16.1 Å². The number of aryl methyl sites for hydroxylation is 2. The van der Waals surface area contributed by atoms with Crippen molar-refractivity contribution in [1.29, 1.82) is 0 Å². The number of aromatic nitrogens is 3. The predicted molar refractivity (Wildman–Crippen MR) is 58.9 cm³/mol. The molecular formula is C10H11N3O3. The molecule has 2 heterocycles. The van der Waals surface area contributed by atoms with E-state index >= 15 is 0 Å². The fourth-order valence-corrected chi connectivity index (χ4v) is 1.81. The molecule has 0 fully saturated rings. The summed E-state index contributed by atoms with van der Waals surface area (Å²) in [6, 6.07) is 0. The van der Waals surface area contributed by atoms with Gasteiger partial charge in [-0.25, -0.2) is 4.79 Å². The zero-order valence-corrected chi connectivity index (χ0v) is 9.20. The van der Waals surface area contributed by atoms with Crippen LogP contribution in [0.4, 0.5) is 0 Å². The monoisotopic (exact) mass is 221 g/mol. The molecule has 0 aliphatic carbocycles. The maximum Gasteiger partial charge on any atom is 0.332 e. The van der Waals surface area contributed by atoms with Crippen molar-refractivity contribution in [2.24, 2.45) is 14.1 Å². The van der Waals surface area contributed by atoms with Gasteiger partial charge < -0.3 is 4.98 Å². The van der Waals surface area contributed by atoms with Crippen LogP contribution in [0.15, 0.2) is 9.59 Å². The van der Waals surface area contributed by atoms with Gasteiger partial charge in [-0.3, -0.25) is 18.7 Å². The number of aromatic amines is 1. The number of fused-ring (bicyclic) bond motifs is 1. The summed E-state index contributed by atoms with van der Waals surface area (Å²) >= 11 is 0. The molecule has 2 rings (SSSR count). The van der Waals surface area contributed by atoms with Gasteiger partial charge in [0, 0.05) is 25.4 Å². The van der Waals surface area contributed by atoms with Crippen LogP contribution in [0.2, 0.25) is 0 Å². The number of rotatable bonds is 1. The molecule has 0 aliphatic rings. The number of aldehydes is 1. The Morgan fingerprint density at radius 3 is 2.38 bits per heavy atom. The van der Waals surface area contributed by atoms with Crippen LogP contribution in [0.25, 0.3) is 11.0 Å². The molecule has 0 spiro atoms. The van der Waals surface area contributed by atoms with Crippen LogP contribution in [0.3, 0.4) is 0 Å². The van der Waals surface area contributed by atoms with Crippen molar-refractivity contribution in [1.82, 2.24) is 14.1 Å². The minimum atomic E-state index is -0.454. The third-order valence-electron chi connectivity index (χ3n) is 2.76. The lowest BCUT2D eigenvalue weighted by Crippen LogP contribution is -2.37. The van der Waals surface area contributed by atoms with Crippen LogP contribution in [0, 0.1) is 6.92 Å². The van der Waals surface area contributed by atoms with E-state index in [0.29, 0.717) is 23.2 Å². The molecule has 6 heteroatoms. The van der Waals surface area contributed by atoms with Crippen molar-refractivity contribution in [2.75, 3.05) is 0 Å². The van der Waals surface area contributed by atoms with E-state index in [1.54, 1.807) is 14.0 Å². The third-order valence-corrected chi connectivity index (χ3v) is 2.76. The number of carbonyl (C=O) groups is 1. The van der Waals surface area contributed by atoms with Crippen molar-refractivity contribution >= 4 is 17.3 Å². The second-order valence-electron chi connectivity index (χ2n) is 3.71. The summed E-state index contributed by atoms with van der Waals surface area (Å²) < 4.78 is 2.30. The summed E-state index contributed by atoms with van der Waals surface area (Å²) in [4.78, 5) is 37.3. The van der Waals surface area contributed by atoms with E-state index in [1.807, 2.05) is 0 Å². The van der Waals surface area contributed by atoms with Gasteiger partial charge in [-0.1, -0.05) is 0 Å². The lowest BCUT2D eigenvalue weighted by Gasteiger charge is -2.02. The van der Waals surface area contributed by atoms with Crippen molar-refractivity contribution in [3.63, 3.8) is 0 Å². The highest BCUT2D eigenvalue weighted by atomic mass is 16.2. The molecule has 0 aliphatic heterocycles. The summed E-state index contributed by atoms with van der Waals surface area (Å²) in [7, 11) is 2.94. The molecule has 0 bridgehead atoms. The van der Waals surface area contributed by atoms with Crippen molar-refractivity contribution in [2.45, 2.75) is 6.92 Å². The first-order valence-corrected chi connectivity index (χ1v) is 4.72. The minimum Gasteiger partial charge on any atom is -0.344 e. The van der Waals surface area contributed by atoms with E-state index in [-0.39, 0.29) is 5.39 Å². The van der Waals surface area contributed by atoms with Crippen molar-refractivity contribution in [3.8, 4) is 0 Å². The van der Waals surface area contributed by atoms with E-state index < -0.39 is 11.2 Å². The summed E-state index contributed by atoms with van der Waals surface area (Å²) in [5, 5.41) is 0.261. The first-order chi connectivity index (χ1) is 7.49. The molecule has 0 saturated heterocycles. The van der Waals surface area contributed by atoms with Crippen LogP contribution >= 0.6 is 0 Å². The average Bonchev–Trinajstić information content (AvgIpc) is 2.60. The zero-order chi connectivity index (χ0) is 12.0. The van der Waals surface area contributed by atoms with E-state index in [2.05, 4.69) is 4.98 Å². The zero-order valence-electron chi connectivity index (χ0n) is 9.20. The smallest absolute Gasteiger partial charge is 0.332 e. The summed E-state index contributed by atoms with van der Waals surface area (Å²) in [6.45, 7) is 1.69. The second kappa shape index (κ2) is 3.19. The number of H-pyrrole nitrogens is 1. The van der Waals surface area contributed by atoms with E-state index in [4.69, 9.17) is 0 Å². The summed E-state index contributed by atoms with van der Waals surface area (Å²) in [5.41, 5.74) is 0.406. The molecule has 0 unspecified atom stereocenters. The maximum absolute atomic E-state index is 11.9. The Hall–Kier alpha value is -2.11. The first-order valence-electron chi connectivity index (χ1n) is 4.72. The van der Waals surface area contributed by atoms with Gasteiger partial charge >= 0.3 is 5.69 Å². The van der Waals surface area contributed by atoms with E-state index in [9.17, 15) is 14.4 Å². The van der Waals surface area contributed by atoms with Crippen LogP contribution in [-0.4, -0.2) is 20.4 Å². The van der Waals surface area contributed by atoms with Gasteiger partial charge in [0.1, 0.15) is 5.65 Å². The molecule has 0 saturated carbocycles. The van der Waals surface area contributed by atoms with Gasteiger partial charge in [-0.15, -0.1) is 0 Å². The molecule has 1 N–H and O–H groups in total. The lowest BCUT2D eigenvalue weighted by molar-refractivity contribution is 0.112. The first kappa shape index (κ1) is 10.4. The highest BCUT2D eigenvalue weighted by Crippen LogP contribution is 2.14. The van der Waals surface area contributed by atoms with E-state index in [0.717, 1.165) is 4.57 Å². The fraction of sp³-hybridized carbons (Fsp3) is 0.300. The molecular weight excluding hydrogens is 210 g/mol. The molecule has 0 aromatic carbocycles.